The average Bonchev–Trinajstić information content (AvgIpc) is 3.12. The van der Waals surface area contributed by atoms with Crippen molar-refractivity contribution in [3.63, 3.8) is 0 Å². The number of hydrogen-bond donors (Lipinski definition) is 3. The maximum Gasteiger partial charge on any atom is 0.408 e. The van der Waals surface area contributed by atoms with Gasteiger partial charge in [0.2, 0.25) is 0 Å². The van der Waals surface area contributed by atoms with E-state index in [9.17, 15) is 4.79 Å². The molecule has 0 saturated carbocycles. The van der Waals surface area contributed by atoms with E-state index in [1.807, 2.05) is 37.7 Å². The highest BCUT2D eigenvalue weighted by Gasteiger charge is 2.30. The minimum Gasteiger partial charge on any atom is -0.444 e. The number of guanidine groups is 1. The fourth-order valence-electron chi connectivity index (χ4n) is 2.78. The summed E-state index contributed by atoms with van der Waals surface area (Å²) in [5, 5.41) is 14.0. The third kappa shape index (κ3) is 8.63. The number of nitrogens with one attached hydrogen (secondary N) is 3. The summed E-state index contributed by atoms with van der Waals surface area (Å²) in [5.41, 5.74) is -0.923. The summed E-state index contributed by atoms with van der Waals surface area (Å²) in [6, 6.07) is 1.92. The van der Waals surface area contributed by atoms with Crippen LogP contribution in [0.2, 0.25) is 0 Å². The summed E-state index contributed by atoms with van der Waals surface area (Å²) in [6.45, 7) is 14.0. The molecule has 1 aromatic heterocycles. The van der Waals surface area contributed by atoms with Gasteiger partial charge in [0.1, 0.15) is 5.60 Å². The molecule has 0 aromatic carbocycles. The molecule has 0 spiro atoms. The van der Waals surface area contributed by atoms with Gasteiger partial charge in [0.15, 0.2) is 5.96 Å². The second kappa shape index (κ2) is 10.9. The molecule has 3 N–H and O–H groups in total. The Morgan fingerprint density at radius 2 is 1.93 bits per heavy atom. The van der Waals surface area contributed by atoms with Crippen LogP contribution in [-0.2, 0) is 11.3 Å². The molecule has 1 aromatic rings. The first-order chi connectivity index (χ1) is 13.1. The van der Waals surface area contributed by atoms with E-state index < -0.39 is 17.2 Å². The van der Waals surface area contributed by atoms with Crippen LogP contribution in [0.1, 0.15) is 54.4 Å². The van der Waals surface area contributed by atoms with E-state index in [-0.39, 0.29) is 0 Å². The SMILES string of the molecule is CCC(CC)(CNC(=NC)NCC(C)Cn1cccn1)NC(=O)OC(C)(C)C. The van der Waals surface area contributed by atoms with Crippen LogP contribution in [0.4, 0.5) is 4.79 Å². The molecule has 0 radical (unpaired) electrons. The summed E-state index contributed by atoms with van der Waals surface area (Å²) in [4.78, 5) is 16.6. The normalized spacial score (nSPS) is 13.8. The fourth-order valence-corrected chi connectivity index (χ4v) is 2.78. The van der Waals surface area contributed by atoms with E-state index in [4.69, 9.17) is 4.74 Å². The summed E-state index contributed by atoms with van der Waals surface area (Å²) < 4.78 is 7.35. The number of nitrogens with zero attached hydrogens (tertiary/aromatic N) is 3. The van der Waals surface area contributed by atoms with Gasteiger partial charge in [-0.15, -0.1) is 0 Å². The summed E-state index contributed by atoms with van der Waals surface area (Å²) in [5.74, 6) is 1.10. The highest BCUT2D eigenvalue weighted by Crippen LogP contribution is 2.16. The first-order valence-electron chi connectivity index (χ1n) is 10.1. The summed E-state index contributed by atoms with van der Waals surface area (Å²) in [7, 11) is 1.74. The maximum absolute atomic E-state index is 12.3. The fraction of sp³-hybridized carbons (Fsp3) is 0.750. The molecule has 1 rings (SSSR count). The molecule has 160 valence electrons. The first-order valence-corrected chi connectivity index (χ1v) is 10.1. The monoisotopic (exact) mass is 394 g/mol. The molecule has 1 heterocycles. The molecule has 1 atom stereocenters. The number of amides is 1. The Bertz CT molecular complexity index is 603. The number of rotatable bonds is 9. The third-order valence-corrected chi connectivity index (χ3v) is 4.61. The lowest BCUT2D eigenvalue weighted by Crippen LogP contribution is -2.57. The van der Waals surface area contributed by atoms with Gasteiger partial charge in [-0.25, -0.2) is 4.79 Å². The number of aliphatic imine (C=N–C) groups is 1. The standard InChI is InChI=1S/C20H38N6O2/c1-8-20(9-2,25-18(27)28-19(4,5)6)15-23-17(21-7)22-13-16(3)14-26-12-10-11-24-26/h10-12,16H,8-9,13-15H2,1-7H3,(H,25,27)(H2,21,22,23). The second-order valence-electron chi connectivity index (χ2n) is 8.25. The highest BCUT2D eigenvalue weighted by molar-refractivity contribution is 5.79. The molecule has 1 amide bonds. The second-order valence-corrected chi connectivity index (χ2v) is 8.25. The van der Waals surface area contributed by atoms with Gasteiger partial charge in [-0.1, -0.05) is 20.8 Å². The lowest BCUT2D eigenvalue weighted by Gasteiger charge is -2.34. The lowest BCUT2D eigenvalue weighted by atomic mass is 9.93. The van der Waals surface area contributed by atoms with Crippen LogP contribution < -0.4 is 16.0 Å². The van der Waals surface area contributed by atoms with Gasteiger partial charge in [-0.2, -0.15) is 5.10 Å². The minimum atomic E-state index is -0.521. The van der Waals surface area contributed by atoms with Crippen molar-refractivity contribution in [3.8, 4) is 0 Å². The van der Waals surface area contributed by atoms with Crippen LogP contribution >= 0.6 is 0 Å². The Balaban J connectivity index is 2.55. The molecule has 0 aliphatic rings. The van der Waals surface area contributed by atoms with Crippen molar-refractivity contribution in [2.24, 2.45) is 10.9 Å². The number of hydrogen-bond acceptors (Lipinski definition) is 4. The molecule has 0 aliphatic carbocycles. The topological polar surface area (TPSA) is 92.6 Å². The smallest absolute Gasteiger partial charge is 0.408 e. The zero-order chi connectivity index (χ0) is 21.2. The van der Waals surface area contributed by atoms with Gasteiger partial charge in [0.25, 0.3) is 0 Å². The molecule has 1 unspecified atom stereocenters. The van der Waals surface area contributed by atoms with E-state index in [1.165, 1.54) is 0 Å². The summed E-state index contributed by atoms with van der Waals surface area (Å²) >= 11 is 0. The van der Waals surface area contributed by atoms with Crippen LogP contribution in [0, 0.1) is 5.92 Å². The van der Waals surface area contributed by atoms with Crippen LogP contribution in [-0.4, -0.2) is 53.1 Å². The van der Waals surface area contributed by atoms with Crippen LogP contribution in [0.15, 0.2) is 23.5 Å². The van der Waals surface area contributed by atoms with Crippen LogP contribution in [0.3, 0.4) is 0 Å². The molecular formula is C20H38N6O2. The molecular weight excluding hydrogens is 356 g/mol. The zero-order valence-corrected chi connectivity index (χ0v) is 18.5. The Morgan fingerprint density at radius 3 is 2.43 bits per heavy atom. The quantitative estimate of drug-likeness (QED) is 0.442. The van der Waals surface area contributed by atoms with E-state index >= 15 is 0 Å². The van der Waals surface area contributed by atoms with Crippen molar-refractivity contribution in [1.82, 2.24) is 25.7 Å². The van der Waals surface area contributed by atoms with E-state index in [2.05, 4.69) is 46.8 Å². The largest absolute Gasteiger partial charge is 0.444 e. The Labute approximate surface area is 169 Å². The number of carbonyl (C=O) groups excluding carboxylic acids is 1. The number of alkyl carbamates (subject to hydrolysis) is 1. The van der Waals surface area contributed by atoms with E-state index in [0.717, 1.165) is 25.9 Å². The van der Waals surface area contributed by atoms with Crippen molar-refractivity contribution >= 4 is 12.1 Å². The van der Waals surface area contributed by atoms with Gasteiger partial charge >= 0.3 is 6.09 Å². The predicted molar refractivity (Wildman–Crippen MR) is 113 cm³/mol. The van der Waals surface area contributed by atoms with E-state index in [1.54, 1.807) is 13.2 Å². The average molecular weight is 395 g/mol. The molecule has 28 heavy (non-hydrogen) atoms. The minimum absolute atomic E-state index is 0.389. The van der Waals surface area contributed by atoms with Gasteiger partial charge in [-0.05, 0) is 45.6 Å². The molecule has 0 aliphatic heterocycles. The van der Waals surface area contributed by atoms with Crippen LogP contribution in [0.5, 0.6) is 0 Å². The number of ether oxygens (including phenoxy) is 1. The Kier molecular flexibility index (Phi) is 9.28. The maximum atomic E-state index is 12.3. The molecule has 0 fully saturated rings. The zero-order valence-electron chi connectivity index (χ0n) is 18.5. The number of carbonyl (C=O) groups is 1. The van der Waals surface area contributed by atoms with Gasteiger partial charge in [0.05, 0.1) is 5.54 Å². The van der Waals surface area contributed by atoms with E-state index in [0.29, 0.717) is 18.4 Å². The summed E-state index contributed by atoms with van der Waals surface area (Å²) in [6.07, 6.45) is 4.91. The first kappa shape index (κ1) is 23.8. The van der Waals surface area contributed by atoms with Crippen molar-refractivity contribution in [1.29, 1.82) is 0 Å². The highest BCUT2D eigenvalue weighted by atomic mass is 16.6. The van der Waals surface area contributed by atoms with Crippen LogP contribution in [0.25, 0.3) is 0 Å². The number of aromatic nitrogens is 2. The molecule has 8 heteroatoms. The Hall–Kier alpha value is -2.25. The molecule has 8 nitrogen and oxygen atoms in total. The van der Waals surface area contributed by atoms with Crippen molar-refractivity contribution < 1.29 is 9.53 Å². The third-order valence-electron chi connectivity index (χ3n) is 4.61. The Morgan fingerprint density at radius 1 is 1.25 bits per heavy atom. The molecule has 0 bridgehead atoms. The van der Waals surface area contributed by atoms with Crippen molar-refractivity contribution in [3.05, 3.63) is 18.5 Å². The van der Waals surface area contributed by atoms with Gasteiger partial charge < -0.3 is 20.7 Å². The van der Waals surface area contributed by atoms with Gasteiger partial charge in [-0.3, -0.25) is 9.67 Å². The van der Waals surface area contributed by atoms with Crippen molar-refractivity contribution in [2.45, 2.75) is 72.1 Å². The molecule has 0 saturated heterocycles. The van der Waals surface area contributed by atoms with Crippen molar-refractivity contribution in [2.75, 3.05) is 20.1 Å². The van der Waals surface area contributed by atoms with Gasteiger partial charge in [0, 0.05) is 39.1 Å². The lowest BCUT2D eigenvalue weighted by molar-refractivity contribution is 0.0448. The predicted octanol–water partition coefficient (Wildman–Crippen LogP) is 2.77.